The SMILES string of the molecule is C=C(CCNCC1=CC(OCC)=C(OC(C)=NC=C(C)C)C=CC1)SC=C=CC.CC. The molecule has 0 atom stereocenters. The van der Waals surface area contributed by atoms with Crippen LogP contribution in [0.1, 0.15) is 61.3 Å². The second-order valence-electron chi connectivity index (χ2n) is 6.68. The molecule has 0 unspecified atom stereocenters. The fourth-order valence-electron chi connectivity index (χ4n) is 2.32. The van der Waals surface area contributed by atoms with Crippen molar-refractivity contribution >= 4 is 17.7 Å². The maximum Gasteiger partial charge on any atom is 0.191 e. The monoisotopic (exact) mass is 444 g/mol. The Hall–Kier alpha value is -2.20. The van der Waals surface area contributed by atoms with Gasteiger partial charge in [0.2, 0.25) is 0 Å². The molecule has 0 aromatic rings. The van der Waals surface area contributed by atoms with Gasteiger partial charge in [0.1, 0.15) is 0 Å². The summed E-state index contributed by atoms with van der Waals surface area (Å²) in [6, 6.07) is 0. The highest BCUT2D eigenvalue weighted by Crippen LogP contribution is 2.21. The third-order valence-electron chi connectivity index (χ3n) is 3.68. The van der Waals surface area contributed by atoms with Crippen LogP contribution >= 0.6 is 11.8 Å². The second kappa shape index (κ2) is 18.6. The number of nitrogens with zero attached hydrogens (tertiary/aromatic N) is 1. The molecule has 31 heavy (non-hydrogen) atoms. The summed E-state index contributed by atoms with van der Waals surface area (Å²) < 4.78 is 11.7. The molecule has 1 aliphatic rings. The van der Waals surface area contributed by atoms with Crippen molar-refractivity contribution < 1.29 is 9.47 Å². The van der Waals surface area contributed by atoms with Crippen molar-refractivity contribution in [2.24, 2.45) is 4.99 Å². The van der Waals surface area contributed by atoms with Gasteiger partial charge in [-0.3, -0.25) is 0 Å². The molecule has 1 aliphatic carbocycles. The minimum Gasteiger partial charge on any atom is -0.490 e. The van der Waals surface area contributed by atoms with E-state index in [2.05, 4.69) is 34.8 Å². The van der Waals surface area contributed by atoms with Gasteiger partial charge >= 0.3 is 0 Å². The second-order valence-corrected chi connectivity index (χ2v) is 7.73. The molecule has 0 heterocycles. The van der Waals surface area contributed by atoms with Crippen molar-refractivity contribution in [3.05, 3.63) is 75.8 Å². The topological polar surface area (TPSA) is 42.8 Å². The highest BCUT2D eigenvalue weighted by atomic mass is 32.2. The summed E-state index contributed by atoms with van der Waals surface area (Å²) in [4.78, 5) is 5.45. The number of allylic oxidation sites excluding steroid dienone is 5. The first kappa shape index (κ1) is 28.8. The maximum absolute atomic E-state index is 5.92. The van der Waals surface area contributed by atoms with Gasteiger partial charge in [0.25, 0.3) is 0 Å². The molecule has 4 nitrogen and oxygen atoms in total. The molecule has 0 saturated carbocycles. The fraction of sp³-hybridized carbons (Fsp3) is 0.462. The van der Waals surface area contributed by atoms with Gasteiger partial charge in [-0.1, -0.05) is 43.8 Å². The Labute approximate surface area is 194 Å². The lowest BCUT2D eigenvalue weighted by Gasteiger charge is -2.12. The van der Waals surface area contributed by atoms with E-state index in [0.29, 0.717) is 18.3 Å². The van der Waals surface area contributed by atoms with Gasteiger partial charge in [-0.05, 0) is 75.8 Å². The van der Waals surface area contributed by atoms with Crippen molar-refractivity contribution in [2.75, 3.05) is 19.7 Å². The van der Waals surface area contributed by atoms with Crippen molar-refractivity contribution in [3.8, 4) is 0 Å². The summed E-state index contributed by atoms with van der Waals surface area (Å²) in [5.41, 5.74) is 5.41. The van der Waals surface area contributed by atoms with Gasteiger partial charge in [0, 0.05) is 25.1 Å². The zero-order chi connectivity index (χ0) is 23.5. The van der Waals surface area contributed by atoms with Crippen LogP contribution in [-0.4, -0.2) is 25.6 Å². The van der Waals surface area contributed by atoms with Crippen LogP contribution in [0.5, 0.6) is 0 Å². The number of aliphatic imine (C=N–C) groups is 1. The molecule has 0 spiro atoms. The minimum absolute atomic E-state index is 0.578. The van der Waals surface area contributed by atoms with Crippen LogP contribution in [0.2, 0.25) is 0 Å². The largest absolute Gasteiger partial charge is 0.490 e. The zero-order valence-corrected chi connectivity index (χ0v) is 21.2. The van der Waals surface area contributed by atoms with Gasteiger partial charge < -0.3 is 14.8 Å². The fourth-order valence-corrected chi connectivity index (χ4v) is 2.91. The molecule has 172 valence electrons. The smallest absolute Gasteiger partial charge is 0.191 e. The molecule has 5 heteroatoms. The Morgan fingerprint density at radius 2 is 2.03 bits per heavy atom. The molecule has 0 aromatic carbocycles. The Morgan fingerprint density at radius 3 is 2.68 bits per heavy atom. The number of thioether (sulfide) groups is 1. The van der Waals surface area contributed by atoms with Crippen molar-refractivity contribution in [1.82, 2.24) is 5.32 Å². The molecule has 0 aliphatic heterocycles. The standard InChI is InChI=1S/C24H34N2O2S.C2H6/c1-7-9-15-29-20(5)13-14-25-18-22-11-10-12-23(24(16-22)27-8-2)28-21(6)26-17-19(3)4;1-2/h7,10,12,15-17,25H,5,8,11,13-14,18H2,1-4,6H3;1-2H3. The molecule has 0 aromatic heterocycles. The summed E-state index contributed by atoms with van der Waals surface area (Å²) in [7, 11) is 0. The van der Waals surface area contributed by atoms with Gasteiger partial charge in [0.05, 0.1) is 6.61 Å². The quantitative estimate of drug-likeness (QED) is 0.156. The molecule has 0 bridgehead atoms. The molecule has 1 rings (SSSR count). The summed E-state index contributed by atoms with van der Waals surface area (Å²) in [5.74, 6) is 2.01. The first-order valence-electron chi connectivity index (χ1n) is 11.0. The van der Waals surface area contributed by atoms with E-state index in [4.69, 9.17) is 9.47 Å². The zero-order valence-electron chi connectivity index (χ0n) is 20.4. The van der Waals surface area contributed by atoms with Crippen LogP contribution in [0.25, 0.3) is 0 Å². The predicted molar refractivity (Wildman–Crippen MR) is 138 cm³/mol. The van der Waals surface area contributed by atoms with Gasteiger partial charge in [-0.2, -0.15) is 0 Å². The Balaban J connectivity index is 0.00000436. The molecular formula is C26H40N2O2S. The summed E-state index contributed by atoms with van der Waals surface area (Å²) in [6.45, 7) is 20.1. The summed E-state index contributed by atoms with van der Waals surface area (Å²) in [6.07, 6.45) is 11.6. The van der Waals surface area contributed by atoms with Crippen molar-refractivity contribution in [2.45, 2.75) is 61.3 Å². The molecule has 0 radical (unpaired) electrons. The average Bonchev–Trinajstić information content (AvgIpc) is 2.93. The first-order valence-corrected chi connectivity index (χ1v) is 11.8. The number of hydrogen-bond acceptors (Lipinski definition) is 5. The number of ether oxygens (including phenoxy) is 2. The predicted octanol–water partition coefficient (Wildman–Crippen LogP) is 7.42. The highest BCUT2D eigenvalue weighted by Gasteiger charge is 2.11. The number of nitrogens with one attached hydrogen (secondary N) is 1. The molecule has 1 N–H and O–H groups in total. The molecule has 0 amide bonds. The van der Waals surface area contributed by atoms with E-state index < -0.39 is 0 Å². The van der Waals surface area contributed by atoms with Crippen LogP contribution < -0.4 is 5.32 Å². The van der Waals surface area contributed by atoms with Crippen LogP contribution in [0, 0.1) is 0 Å². The average molecular weight is 445 g/mol. The molecule has 0 fully saturated rings. The van der Waals surface area contributed by atoms with Gasteiger partial charge in [0.15, 0.2) is 17.4 Å². The highest BCUT2D eigenvalue weighted by molar-refractivity contribution is 8.05. The van der Waals surface area contributed by atoms with Gasteiger partial charge in [-0.25, -0.2) is 4.99 Å². The summed E-state index contributed by atoms with van der Waals surface area (Å²) in [5, 5.41) is 5.42. The van der Waals surface area contributed by atoms with E-state index in [1.54, 1.807) is 18.0 Å². The normalized spacial score (nSPS) is 13.1. The Kier molecular flexibility index (Phi) is 17.2. The van der Waals surface area contributed by atoms with Crippen LogP contribution in [0.3, 0.4) is 0 Å². The van der Waals surface area contributed by atoms with E-state index >= 15 is 0 Å². The third kappa shape index (κ3) is 14.4. The van der Waals surface area contributed by atoms with Crippen LogP contribution in [0.15, 0.2) is 80.8 Å². The minimum atomic E-state index is 0.578. The van der Waals surface area contributed by atoms with E-state index in [1.165, 1.54) is 5.57 Å². The first-order chi connectivity index (χ1) is 15.0. The lowest BCUT2D eigenvalue weighted by atomic mass is 10.1. The van der Waals surface area contributed by atoms with E-state index in [-0.39, 0.29) is 0 Å². The van der Waals surface area contributed by atoms with Crippen LogP contribution in [0.4, 0.5) is 0 Å². The number of hydrogen-bond donors (Lipinski definition) is 1. The van der Waals surface area contributed by atoms with Crippen molar-refractivity contribution in [3.63, 3.8) is 0 Å². The Bertz CT molecular complexity index is 760. The van der Waals surface area contributed by atoms with E-state index in [1.807, 2.05) is 66.0 Å². The van der Waals surface area contributed by atoms with E-state index in [0.717, 1.165) is 42.2 Å². The Morgan fingerprint density at radius 1 is 1.29 bits per heavy atom. The van der Waals surface area contributed by atoms with Gasteiger partial charge in [-0.15, -0.1) is 5.73 Å². The van der Waals surface area contributed by atoms with Crippen LogP contribution in [-0.2, 0) is 9.47 Å². The molecule has 0 saturated heterocycles. The third-order valence-corrected chi connectivity index (χ3v) is 4.47. The maximum atomic E-state index is 5.92. The number of rotatable bonds is 11. The lowest BCUT2D eigenvalue weighted by Crippen LogP contribution is -2.18. The summed E-state index contributed by atoms with van der Waals surface area (Å²) >= 11 is 1.62. The van der Waals surface area contributed by atoms with E-state index in [9.17, 15) is 0 Å². The molecular weight excluding hydrogens is 404 g/mol. The van der Waals surface area contributed by atoms with Crippen molar-refractivity contribution in [1.29, 1.82) is 0 Å². The lowest BCUT2D eigenvalue weighted by molar-refractivity contribution is 0.223.